The summed E-state index contributed by atoms with van der Waals surface area (Å²) in [6.07, 6.45) is 0. The third kappa shape index (κ3) is 4.40. The average molecular weight is 315 g/mol. The maximum atomic E-state index is 11.6. The zero-order valence-electron chi connectivity index (χ0n) is 12.7. The highest BCUT2D eigenvalue weighted by atomic mass is 16.4. The lowest BCUT2D eigenvalue weighted by Crippen LogP contribution is -2.23. The molecule has 0 bridgehead atoms. The van der Waals surface area contributed by atoms with Crippen molar-refractivity contribution >= 4 is 23.6 Å². The van der Waals surface area contributed by atoms with Crippen LogP contribution in [0.15, 0.2) is 40.1 Å². The summed E-state index contributed by atoms with van der Waals surface area (Å²) in [7, 11) is 0. The summed E-state index contributed by atoms with van der Waals surface area (Å²) < 4.78 is 0. The first-order chi connectivity index (χ1) is 10.8. The Morgan fingerprint density at radius 1 is 1.39 bits per heavy atom. The Bertz CT molecular complexity index is 796. The zero-order chi connectivity index (χ0) is 17.0. The van der Waals surface area contributed by atoms with Gasteiger partial charge >= 0.3 is 5.97 Å². The Balaban J connectivity index is 2.25. The molecule has 2 aromatic rings. The van der Waals surface area contributed by atoms with E-state index >= 15 is 0 Å². The van der Waals surface area contributed by atoms with Crippen LogP contribution >= 0.6 is 0 Å². The van der Waals surface area contributed by atoms with Gasteiger partial charge in [-0.2, -0.15) is 4.99 Å². The number of carboxylic acid groups (broad SMARTS) is 1. The van der Waals surface area contributed by atoms with Crippen LogP contribution in [0.25, 0.3) is 0 Å². The van der Waals surface area contributed by atoms with E-state index in [0.29, 0.717) is 0 Å². The van der Waals surface area contributed by atoms with Gasteiger partial charge in [0.25, 0.3) is 5.56 Å². The number of benzene rings is 1. The molecule has 0 amide bonds. The maximum absolute atomic E-state index is 11.6. The SMILES string of the molecule is Cc1ccc(NC(N)=Nc2nc(C(C)C(=O)O)cc(=O)[nH]2)cc1. The average Bonchev–Trinajstić information content (AvgIpc) is 2.48. The summed E-state index contributed by atoms with van der Waals surface area (Å²) in [6, 6.07) is 8.60. The number of nitrogens with one attached hydrogen (secondary N) is 2. The van der Waals surface area contributed by atoms with E-state index in [4.69, 9.17) is 10.8 Å². The first kappa shape index (κ1) is 16.2. The second kappa shape index (κ2) is 6.73. The molecule has 8 heteroatoms. The normalized spacial score (nSPS) is 12.7. The van der Waals surface area contributed by atoms with Gasteiger partial charge in [0, 0.05) is 11.8 Å². The molecule has 0 saturated carbocycles. The fraction of sp³-hybridized carbons (Fsp3) is 0.200. The summed E-state index contributed by atoms with van der Waals surface area (Å²) in [6.45, 7) is 3.40. The highest BCUT2D eigenvalue weighted by molar-refractivity contribution is 5.93. The van der Waals surface area contributed by atoms with Crippen LogP contribution < -0.4 is 16.6 Å². The number of aliphatic carboxylic acids is 1. The van der Waals surface area contributed by atoms with Crippen LogP contribution in [-0.2, 0) is 4.79 Å². The molecule has 0 spiro atoms. The van der Waals surface area contributed by atoms with Gasteiger partial charge in [-0.15, -0.1) is 0 Å². The van der Waals surface area contributed by atoms with E-state index in [-0.39, 0.29) is 17.6 Å². The van der Waals surface area contributed by atoms with Crippen LogP contribution in [0.5, 0.6) is 0 Å². The number of H-pyrrole nitrogens is 1. The maximum Gasteiger partial charge on any atom is 0.312 e. The van der Waals surface area contributed by atoms with Gasteiger partial charge < -0.3 is 16.2 Å². The number of nitrogens with two attached hydrogens (primary N) is 1. The molecular formula is C15H17N5O3. The van der Waals surface area contributed by atoms with Crippen molar-refractivity contribution < 1.29 is 9.90 Å². The molecular weight excluding hydrogens is 298 g/mol. The number of nitrogens with zero attached hydrogens (tertiary/aromatic N) is 2. The lowest BCUT2D eigenvalue weighted by molar-refractivity contribution is -0.138. The van der Waals surface area contributed by atoms with E-state index in [9.17, 15) is 9.59 Å². The topological polar surface area (TPSA) is 133 Å². The quantitative estimate of drug-likeness (QED) is 0.497. The number of carboxylic acids is 1. The first-order valence-corrected chi connectivity index (χ1v) is 6.87. The Hall–Kier alpha value is -3.16. The molecule has 23 heavy (non-hydrogen) atoms. The van der Waals surface area contributed by atoms with Gasteiger partial charge in [-0.25, -0.2) is 4.98 Å². The van der Waals surface area contributed by atoms with Gasteiger partial charge in [0.1, 0.15) is 0 Å². The molecule has 1 aromatic heterocycles. The molecule has 1 heterocycles. The molecule has 0 aliphatic heterocycles. The molecule has 1 unspecified atom stereocenters. The minimum atomic E-state index is -1.08. The molecule has 0 radical (unpaired) electrons. The molecule has 1 atom stereocenters. The summed E-state index contributed by atoms with van der Waals surface area (Å²) >= 11 is 0. The van der Waals surface area contributed by atoms with Crippen LogP contribution in [-0.4, -0.2) is 27.0 Å². The molecule has 1 aromatic carbocycles. The number of anilines is 1. The molecule has 0 aliphatic carbocycles. The third-order valence-corrected chi connectivity index (χ3v) is 3.11. The van der Waals surface area contributed by atoms with E-state index < -0.39 is 17.4 Å². The highest BCUT2D eigenvalue weighted by Gasteiger charge is 2.16. The molecule has 0 aliphatic rings. The zero-order valence-corrected chi connectivity index (χ0v) is 12.7. The molecule has 120 valence electrons. The van der Waals surface area contributed by atoms with E-state index in [2.05, 4.69) is 20.3 Å². The Kier molecular flexibility index (Phi) is 4.75. The number of aromatic nitrogens is 2. The number of aliphatic imine (C=N–C) groups is 1. The standard InChI is InChI=1S/C15H17N5O3/c1-8-3-5-10(6-4-8)17-14(16)20-15-18-11(7-12(21)19-15)9(2)13(22)23/h3-7,9H,1-2H3,(H,22,23)(H4,16,17,18,19,20,21). The predicted octanol–water partition coefficient (Wildman–Crippen LogP) is 1.32. The summed E-state index contributed by atoms with van der Waals surface area (Å²) in [5.74, 6) is -2.03. The van der Waals surface area contributed by atoms with Crippen molar-refractivity contribution in [3.63, 3.8) is 0 Å². The lowest BCUT2D eigenvalue weighted by atomic mass is 10.1. The van der Waals surface area contributed by atoms with Crippen LogP contribution in [0.4, 0.5) is 11.6 Å². The third-order valence-electron chi connectivity index (χ3n) is 3.11. The molecule has 0 saturated heterocycles. The predicted molar refractivity (Wildman–Crippen MR) is 87.0 cm³/mol. The van der Waals surface area contributed by atoms with E-state index in [1.165, 1.54) is 6.92 Å². The molecule has 5 N–H and O–H groups in total. The van der Waals surface area contributed by atoms with Gasteiger partial charge in [-0.1, -0.05) is 17.7 Å². The summed E-state index contributed by atoms with van der Waals surface area (Å²) in [5.41, 5.74) is 7.23. The van der Waals surface area contributed by atoms with Crippen molar-refractivity contribution in [1.82, 2.24) is 9.97 Å². The molecule has 2 rings (SSSR count). The Labute approximate surface area is 132 Å². The number of rotatable bonds is 4. The van der Waals surface area contributed by atoms with Gasteiger partial charge in [-0.05, 0) is 26.0 Å². The van der Waals surface area contributed by atoms with Crippen molar-refractivity contribution in [2.75, 3.05) is 5.32 Å². The smallest absolute Gasteiger partial charge is 0.312 e. The molecule has 0 fully saturated rings. The number of hydrogen-bond acceptors (Lipinski definition) is 4. The molecule has 8 nitrogen and oxygen atoms in total. The van der Waals surface area contributed by atoms with E-state index in [1.54, 1.807) is 0 Å². The Morgan fingerprint density at radius 3 is 2.65 bits per heavy atom. The fourth-order valence-electron chi connectivity index (χ4n) is 1.79. The van der Waals surface area contributed by atoms with Crippen LogP contribution in [0.1, 0.15) is 24.1 Å². The van der Waals surface area contributed by atoms with Gasteiger partial charge in [-0.3, -0.25) is 14.6 Å². The monoisotopic (exact) mass is 315 g/mol. The number of aryl methyl sites for hydroxylation is 1. The minimum absolute atomic E-state index is 0.0251. The van der Waals surface area contributed by atoms with Crippen LogP contribution in [0.3, 0.4) is 0 Å². The van der Waals surface area contributed by atoms with Gasteiger partial charge in [0.05, 0.1) is 11.6 Å². The second-order valence-corrected chi connectivity index (χ2v) is 5.04. The number of guanidine groups is 1. The van der Waals surface area contributed by atoms with Gasteiger partial charge in [0.2, 0.25) is 11.9 Å². The number of hydrogen-bond donors (Lipinski definition) is 4. The lowest BCUT2D eigenvalue weighted by Gasteiger charge is -2.07. The van der Waals surface area contributed by atoms with Crippen molar-refractivity contribution in [3.8, 4) is 0 Å². The minimum Gasteiger partial charge on any atom is -0.481 e. The first-order valence-electron chi connectivity index (χ1n) is 6.87. The van der Waals surface area contributed by atoms with Gasteiger partial charge in [0.15, 0.2) is 0 Å². The van der Waals surface area contributed by atoms with Crippen molar-refractivity contribution in [2.45, 2.75) is 19.8 Å². The summed E-state index contributed by atoms with van der Waals surface area (Å²) in [4.78, 5) is 33.0. The van der Waals surface area contributed by atoms with E-state index in [0.717, 1.165) is 17.3 Å². The van der Waals surface area contributed by atoms with Crippen molar-refractivity contribution in [2.24, 2.45) is 10.7 Å². The summed E-state index contributed by atoms with van der Waals surface area (Å²) in [5, 5.41) is 11.8. The van der Waals surface area contributed by atoms with Crippen molar-refractivity contribution in [3.05, 3.63) is 51.9 Å². The second-order valence-electron chi connectivity index (χ2n) is 5.04. The highest BCUT2D eigenvalue weighted by Crippen LogP contribution is 2.13. The van der Waals surface area contributed by atoms with E-state index in [1.807, 2.05) is 31.2 Å². The Morgan fingerprint density at radius 2 is 2.04 bits per heavy atom. The van der Waals surface area contributed by atoms with Crippen LogP contribution in [0.2, 0.25) is 0 Å². The van der Waals surface area contributed by atoms with Crippen molar-refractivity contribution in [1.29, 1.82) is 0 Å². The number of carbonyl (C=O) groups is 1. The number of aromatic amines is 1. The largest absolute Gasteiger partial charge is 0.481 e. The van der Waals surface area contributed by atoms with Crippen LogP contribution in [0, 0.1) is 6.92 Å². The fourth-order valence-corrected chi connectivity index (χ4v) is 1.79.